The maximum absolute atomic E-state index is 12.4. The van der Waals surface area contributed by atoms with Gasteiger partial charge in [-0.15, -0.1) is 0 Å². The molecule has 2 heterocycles. The molecule has 21 heavy (non-hydrogen) atoms. The van der Waals surface area contributed by atoms with Gasteiger partial charge < -0.3 is 19.6 Å². The van der Waals surface area contributed by atoms with E-state index in [-0.39, 0.29) is 45.4 Å². The molecule has 10 heteroatoms. The standard InChI is InChI=1S/C11H19N3O6S/c1-21(18,19)13-4-2-12(3-5-13)11(17)14-6-7-20-8-9(14)10(15)16/h9H,2-8H2,1H3,(H,15,16). The topological polar surface area (TPSA) is 107 Å². The average Bonchev–Trinajstić information content (AvgIpc) is 2.45. The van der Waals surface area contributed by atoms with Crippen molar-refractivity contribution in [3.63, 3.8) is 0 Å². The van der Waals surface area contributed by atoms with Gasteiger partial charge in [-0.2, -0.15) is 4.31 Å². The Morgan fingerprint density at radius 1 is 1.14 bits per heavy atom. The zero-order valence-electron chi connectivity index (χ0n) is 11.8. The Kier molecular flexibility index (Phi) is 4.69. The Morgan fingerprint density at radius 2 is 1.76 bits per heavy atom. The molecule has 0 aromatic carbocycles. The number of aliphatic carboxylic acids is 1. The van der Waals surface area contributed by atoms with Gasteiger partial charge in [-0.3, -0.25) is 0 Å². The highest BCUT2D eigenvalue weighted by molar-refractivity contribution is 7.88. The van der Waals surface area contributed by atoms with Gasteiger partial charge in [-0.1, -0.05) is 0 Å². The van der Waals surface area contributed by atoms with Gasteiger partial charge in [-0.05, 0) is 0 Å². The summed E-state index contributed by atoms with van der Waals surface area (Å²) in [6.45, 7) is 1.48. The van der Waals surface area contributed by atoms with Crippen LogP contribution in [0.3, 0.4) is 0 Å². The quantitative estimate of drug-likeness (QED) is 0.661. The van der Waals surface area contributed by atoms with Gasteiger partial charge >= 0.3 is 12.0 Å². The number of rotatable bonds is 2. The lowest BCUT2D eigenvalue weighted by Crippen LogP contribution is -2.59. The van der Waals surface area contributed by atoms with Crippen LogP contribution in [0.15, 0.2) is 0 Å². The minimum atomic E-state index is -3.26. The van der Waals surface area contributed by atoms with Crippen LogP contribution >= 0.6 is 0 Å². The highest BCUT2D eigenvalue weighted by Crippen LogP contribution is 2.13. The largest absolute Gasteiger partial charge is 0.480 e. The normalized spacial score (nSPS) is 24.9. The molecule has 0 aliphatic carbocycles. The maximum Gasteiger partial charge on any atom is 0.328 e. The van der Waals surface area contributed by atoms with Crippen molar-refractivity contribution in [3.8, 4) is 0 Å². The van der Waals surface area contributed by atoms with Gasteiger partial charge in [0.15, 0.2) is 6.04 Å². The lowest BCUT2D eigenvalue weighted by Gasteiger charge is -2.39. The summed E-state index contributed by atoms with van der Waals surface area (Å²) >= 11 is 0. The molecule has 0 aromatic rings. The second kappa shape index (κ2) is 6.16. The second-order valence-corrected chi connectivity index (χ2v) is 7.04. The monoisotopic (exact) mass is 321 g/mol. The Balaban J connectivity index is 1.99. The third-order valence-corrected chi connectivity index (χ3v) is 4.94. The molecule has 9 nitrogen and oxygen atoms in total. The number of urea groups is 1. The van der Waals surface area contributed by atoms with E-state index in [0.717, 1.165) is 6.26 Å². The van der Waals surface area contributed by atoms with Crippen molar-refractivity contribution in [2.45, 2.75) is 6.04 Å². The summed E-state index contributed by atoms with van der Waals surface area (Å²) in [4.78, 5) is 26.3. The van der Waals surface area contributed by atoms with E-state index in [1.807, 2.05) is 0 Å². The number of sulfonamides is 1. The van der Waals surface area contributed by atoms with Crippen molar-refractivity contribution in [1.82, 2.24) is 14.1 Å². The van der Waals surface area contributed by atoms with Crippen LogP contribution in [0.5, 0.6) is 0 Å². The fourth-order valence-corrected chi connectivity index (χ4v) is 3.26. The number of hydrogen-bond donors (Lipinski definition) is 1. The van der Waals surface area contributed by atoms with E-state index in [1.165, 1.54) is 14.1 Å². The zero-order chi connectivity index (χ0) is 15.6. The van der Waals surface area contributed by atoms with Crippen molar-refractivity contribution in [3.05, 3.63) is 0 Å². The number of carboxylic acid groups (broad SMARTS) is 1. The Hall–Kier alpha value is -1.39. The summed E-state index contributed by atoms with van der Waals surface area (Å²) in [5.74, 6) is -1.10. The highest BCUT2D eigenvalue weighted by atomic mass is 32.2. The fraction of sp³-hybridized carbons (Fsp3) is 0.818. The first-order chi connectivity index (χ1) is 9.80. The third kappa shape index (κ3) is 3.63. The van der Waals surface area contributed by atoms with Crippen molar-refractivity contribution < 1.29 is 27.9 Å². The van der Waals surface area contributed by atoms with Gasteiger partial charge in [-0.25, -0.2) is 18.0 Å². The molecule has 0 spiro atoms. The molecular weight excluding hydrogens is 302 g/mol. The van der Waals surface area contributed by atoms with Gasteiger partial charge in [0.05, 0.1) is 19.5 Å². The average molecular weight is 321 g/mol. The van der Waals surface area contributed by atoms with E-state index in [2.05, 4.69) is 0 Å². The lowest BCUT2D eigenvalue weighted by atomic mass is 10.2. The smallest absolute Gasteiger partial charge is 0.328 e. The van der Waals surface area contributed by atoms with Crippen LogP contribution in [0.25, 0.3) is 0 Å². The highest BCUT2D eigenvalue weighted by Gasteiger charge is 2.36. The summed E-state index contributed by atoms with van der Waals surface area (Å²) < 4.78 is 29.2. The molecule has 2 saturated heterocycles. The number of piperazine rings is 1. The molecule has 0 radical (unpaired) electrons. The number of amides is 2. The van der Waals surface area contributed by atoms with E-state index in [4.69, 9.17) is 9.84 Å². The van der Waals surface area contributed by atoms with Crippen LogP contribution in [-0.2, 0) is 19.6 Å². The van der Waals surface area contributed by atoms with E-state index in [1.54, 1.807) is 0 Å². The van der Waals surface area contributed by atoms with Gasteiger partial charge in [0.25, 0.3) is 0 Å². The molecule has 1 atom stereocenters. The minimum absolute atomic E-state index is 0.0234. The summed E-state index contributed by atoms with van der Waals surface area (Å²) in [7, 11) is -3.26. The molecule has 2 rings (SSSR count). The molecule has 2 amide bonds. The second-order valence-electron chi connectivity index (χ2n) is 5.05. The predicted octanol–water partition coefficient (Wildman–Crippen LogP) is -1.53. The van der Waals surface area contributed by atoms with E-state index < -0.39 is 22.0 Å². The number of carboxylic acids is 1. The van der Waals surface area contributed by atoms with Gasteiger partial charge in [0.2, 0.25) is 10.0 Å². The van der Waals surface area contributed by atoms with Crippen LogP contribution in [0.2, 0.25) is 0 Å². The number of morpholine rings is 1. The molecule has 0 aromatic heterocycles. The molecule has 2 aliphatic heterocycles. The van der Waals surface area contributed by atoms with Crippen LogP contribution in [0.1, 0.15) is 0 Å². The maximum atomic E-state index is 12.4. The number of carbonyl (C=O) groups excluding carboxylic acids is 1. The van der Waals surface area contributed by atoms with Crippen LogP contribution < -0.4 is 0 Å². The van der Waals surface area contributed by atoms with E-state index in [0.29, 0.717) is 6.61 Å². The summed E-state index contributed by atoms with van der Waals surface area (Å²) in [6.07, 6.45) is 1.13. The number of nitrogens with zero attached hydrogens (tertiary/aromatic N) is 3. The van der Waals surface area contributed by atoms with Gasteiger partial charge in [0, 0.05) is 32.7 Å². The Labute approximate surface area is 123 Å². The molecule has 0 saturated carbocycles. The van der Waals surface area contributed by atoms with Crippen LogP contribution in [-0.4, -0.2) is 97.9 Å². The van der Waals surface area contributed by atoms with Gasteiger partial charge in [0.1, 0.15) is 0 Å². The summed E-state index contributed by atoms with van der Waals surface area (Å²) in [5, 5.41) is 9.12. The first kappa shape index (κ1) is 16.0. The van der Waals surface area contributed by atoms with Crippen molar-refractivity contribution in [2.75, 3.05) is 52.2 Å². The molecule has 0 bridgehead atoms. The van der Waals surface area contributed by atoms with Crippen molar-refractivity contribution in [2.24, 2.45) is 0 Å². The predicted molar refractivity (Wildman–Crippen MR) is 72.3 cm³/mol. The Bertz CT molecular complexity index is 514. The van der Waals surface area contributed by atoms with E-state index >= 15 is 0 Å². The molecule has 120 valence electrons. The lowest BCUT2D eigenvalue weighted by molar-refractivity contribution is -0.147. The minimum Gasteiger partial charge on any atom is -0.480 e. The number of hydrogen-bond acceptors (Lipinski definition) is 5. The summed E-state index contributed by atoms with van der Waals surface area (Å²) in [5.41, 5.74) is 0. The van der Waals surface area contributed by atoms with Crippen LogP contribution in [0, 0.1) is 0 Å². The van der Waals surface area contributed by atoms with Crippen LogP contribution in [0.4, 0.5) is 4.79 Å². The molecular formula is C11H19N3O6S. The molecule has 1 N–H and O–H groups in total. The SMILES string of the molecule is CS(=O)(=O)N1CCN(C(=O)N2CCOCC2C(=O)O)CC1. The van der Waals surface area contributed by atoms with E-state index in [9.17, 15) is 18.0 Å². The molecule has 2 fully saturated rings. The first-order valence-corrected chi connectivity index (χ1v) is 8.47. The molecule has 1 unspecified atom stereocenters. The number of carbonyl (C=O) groups is 2. The Morgan fingerprint density at radius 3 is 2.29 bits per heavy atom. The van der Waals surface area contributed by atoms with Crippen molar-refractivity contribution >= 4 is 22.0 Å². The fourth-order valence-electron chi connectivity index (χ4n) is 2.43. The van der Waals surface area contributed by atoms with Crippen molar-refractivity contribution in [1.29, 1.82) is 0 Å². The number of ether oxygens (including phenoxy) is 1. The third-order valence-electron chi connectivity index (χ3n) is 3.64. The zero-order valence-corrected chi connectivity index (χ0v) is 12.6. The first-order valence-electron chi connectivity index (χ1n) is 6.62. The summed E-state index contributed by atoms with van der Waals surface area (Å²) in [6, 6.07) is -1.36. The molecule has 2 aliphatic rings.